The van der Waals surface area contributed by atoms with E-state index in [1.807, 2.05) is 18.7 Å². The van der Waals surface area contributed by atoms with Crippen molar-refractivity contribution < 1.29 is 13.3 Å². The lowest BCUT2D eigenvalue weighted by molar-refractivity contribution is 0.228. The van der Waals surface area contributed by atoms with Gasteiger partial charge in [-0.3, -0.25) is 4.90 Å². The molecule has 0 radical (unpaired) electrons. The van der Waals surface area contributed by atoms with Crippen LogP contribution < -0.4 is 0 Å². The van der Waals surface area contributed by atoms with Gasteiger partial charge in [0.1, 0.15) is 0 Å². The first-order valence-corrected chi connectivity index (χ1v) is 6.60. The van der Waals surface area contributed by atoms with Crippen molar-refractivity contribution in [3.8, 4) is 0 Å². The van der Waals surface area contributed by atoms with E-state index in [0.717, 1.165) is 19.0 Å². The summed E-state index contributed by atoms with van der Waals surface area (Å²) in [6.45, 7) is 5.66. The van der Waals surface area contributed by atoms with E-state index in [2.05, 4.69) is 10.1 Å². The van der Waals surface area contributed by atoms with Crippen molar-refractivity contribution in [2.24, 2.45) is 0 Å². The standard InChI is InChI=1S/C14H17F2N3O/c1-3-13-17-14(20-18-13)9-19(4-2)8-10-5-6-11(15)12(16)7-10/h5-7H,3-4,8-9H2,1-2H3. The lowest BCUT2D eigenvalue weighted by Crippen LogP contribution is -2.22. The molecule has 6 heteroatoms. The third-order valence-corrected chi connectivity index (χ3v) is 3.02. The lowest BCUT2D eigenvalue weighted by Gasteiger charge is -2.18. The van der Waals surface area contributed by atoms with Crippen LogP contribution in [0.25, 0.3) is 0 Å². The highest BCUT2D eigenvalue weighted by atomic mass is 19.2. The molecular formula is C14H17F2N3O. The molecule has 0 aliphatic rings. The molecule has 0 aliphatic heterocycles. The average Bonchev–Trinajstić information content (AvgIpc) is 2.90. The Morgan fingerprint density at radius 1 is 1.15 bits per heavy atom. The third-order valence-electron chi connectivity index (χ3n) is 3.02. The first-order valence-electron chi connectivity index (χ1n) is 6.60. The molecule has 108 valence electrons. The summed E-state index contributed by atoms with van der Waals surface area (Å²) in [6.07, 6.45) is 0.721. The minimum Gasteiger partial charge on any atom is -0.338 e. The molecule has 1 aromatic carbocycles. The average molecular weight is 281 g/mol. The summed E-state index contributed by atoms with van der Waals surface area (Å²) >= 11 is 0. The number of hydrogen-bond donors (Lipinski definition) is 0. The highest BCUT2D eigenvalue weighted by Crippen LogP contribution is 2.12. The van der Waals surface area contributed by atoms with Crippen LogP contribution in [0, 0.1) is 11.6 Å². The Bertz CT molecular complexity index is 571. The van der Waals surface area contributed by atoms with Gasteiger partial charge in [0, 0.05) is 13.0 Å². The topological polar surface area (TPSA) is 42.2 Å². The molecule has 2 rings (SSSR count). The van der Waals surface area contributed by atoms with Crippen molar-refractivity contribution in [3.63, 3.8) is 0 Å². The number of rotatable bonds is 6. The van der Waals surface area contributed by atoms with E-state index in [1.165, 1.54) is 6.07 Å². The molecule has 0 aliphatic carbocycles. The lowest BCUT2D eigenvalue weighted by atomic mass is 10.2. The van der Waals surface area contributed by atoms with Crippen LogP contribution in [0.1, 0.15) is 31.1 Å². The van der Waals surface area contributed by atoms with Gasteiger partial charge in [-0.2, -0.15) is 4.98 Å². The van der Waals surface area contributed by atoms with Crippen molar-refractivity contribution in [3.05, 3.63) is 47.1 Å². The van der Waals surface area contributed by atoms with Crippen LogP contribution in [-0.4, -0.2) is 21.6 Å². The van der Waals surface area contributed by atoms with Gasteiger partial charge >= 0.3 is 0 Å². The summed E-state index contributed by atoms with van der Waals surface area (Å²) < 4.78 is 31.2. The molecule has 0 bridgehead atoms. The zero-order valence-corrected chi connectivity index (χ0v) is 11.6. The second kappa shape index (κ2) is 6.56. The summed E-state index contributed by atoms with van der Waals surface area (Å²) in [5.41, 5.74) is 0.709. The highest BCUT2D eigenvalue weighted by molar-refractivity contribution is 5.17. The van der Waals surface area contributed by atoms with Crippen LogP contribution in [0.15, 0.2) is 22.7 Å². The van der Waals surface area contributed by atoms with Gasteiger partial charge in [0.05, 0.1) is 6.54 Å². The molecule has 20 heavy (non-hydrogen) atoms. The van der Waals surface area contributed by atoms with E-state index < -0.39 is 11.6 Å². The fourth-order valence-electron chi connectivity index (χ4n) is 1.86. The first-order chi connectivity index (χ1) is 9.62. The molecule has 0 saturated carbocycles. The summed E-state index contributed by atoms with van der Waals surface area (Å²) in [4.78, 5) is 6.25. The fourth-order valence-corrected chi connectivity index (χ4v) is 1.86. The molecule has 1 heterocycles. The number of benzene rings is 1. The van der Waals surface area contributed by atoms with Crippen LogP contribution in [0.5, 0.6) is 0 Å². The zero-order valence-electron chi connectivity index (χ0n) is 11.6. The highest BCUT2D eigenvalue weighted by Gasteiger charge is 2.12. The molecule has 0 unspecified atom stereocenters. The van der Waals surface area contributed by atoms with Crippen LogP contribution in [-0.2, 0) is 19.5 Å². The third kappa shape index (κ3) is 3.60. The Balaban J connectivity index is 2.02. The molecule has 0 N–H and O–H groups in total. The molecule has 4 nitrogen and oxygen atoms in total. The molecule has 1 aromatic heterocycles. The number of aromatic nitrogens is 2. The van der Waals surface area contributed by atoms with Crippen LogP contribution in [0.2, 0.25) is 0 Å². The van der Waals surface area contributed by atoms with Gasteiger partial charge in [0.25, 0.3) is 0 Å². The molecular weight excluding hydrogens is 264 g/mol. The Morgan fingerprint density at radius 2 is 1.95 bits per heavy atom. The summed E-state index contributed by atoms with van der Waals surface area (Å²) in [5, 5.41) is 3.83. The SMILES string of the molecule is CCc1noc(CN(CC)Cc2ccc(F)c(F)c2)n1. The van der Waals surface area contributed by atoms with Gasteiger partial charge in [-0.05, 0) is 24.2 Å². The maximum Gasteiger partial charge on any atom is 0.240 e. The number of nitrogens with zero attached hydrogens (tertiary/aromatic N) is 3. The number of halogens is 2. The number of hydrogen-bond acceptors (Lipinski definition) is 4. The van der Waals surface area contributed by atoms with Gasteiger partial charge in [-0.25, -0.2) is 8.78 Å². The Morgan fingerprint density at radius 3 is 2.55 bits per heavy atom. The maximum atomic E-state index is 13.2. The van der Waals surface area contributed by atoms with E-state index >= 15 is 0 Å². The second-order valence-electron chi connectivity index (χ2n) is 4.51. The van der Waals surface area contributed by atoms with Crippen molar-refractivity contribution in [2.45, 2.75) is 33.4 Å². The Hall–Kier alpha value is -1.82. The minimum absolute atomic E-state index is 0.489. The van der Waals surface area contributed by atoms with Gasteiger partial charge in [-0.1, -0.05) is 25.1 Å². The monoisotopic (exact) mass is 281 g/mol. The predicted octanol–water partition coefficient (Wildman–Crippen LogP) is 2.93. The molecule has 0 saturated heterocycles. The minimum atomic E-state index is -0.832. The first kappa shape index (κ1) is 14.6. The van der Waals surface area contributed by atoms with Crippen LogP contribution in [0.3, 0.4) is 0 Å². The van der Waals surface area contributed by atoms with E-state index in [1.54, 1.807) is 6.07 Å². The number of aryl methyl sites for hydroxylation is 1. The summed E-state index contributed by atoms with van der Waals surface area (Å²) in [6, 6.07) is 3.93. The molecule has 0 amide bonds. The van der Waals surface area contributed by atoms with Gasteiger partial charge in [0.15, 0.2) is 17.5 Å². The molecule has 2 aromatic rings. The van der Waals surface area contributed by atoms with Gasteiger partial charge in [0.2, 0.25) is 5.89 Å². The largest absolute Gasteiger partial charge is 0.338 e. The quantitative estimate of drug-likeness (QED) is 0.816. The smallest absolute Gasteiger partial charge is 0.240 e. The van der Waals surface area contributed by atoms with Gasteiger partial charge in [-0.15, -0.1) is 0 Å². The van der Waals surface area contributed by atoms with E-state index in [-0.39, 0.29) is 0 Å². The van der Waals surface area contributed by atoms with Gasteiger partial charge < -0.3 is 4.52 Å². The van der Waals surface area contributed by atoms with Crippen molar-refractivity contribution in [1.82, 2.24) is 15.0 Å². The van der Waals surface area contributed by atoms with Crippen molar-refractivity contribution in [2.75, 3.05) is 6.54 Å². The van der Waals surface area contributed by atoms with Crippen LogP contribution >= 0.6 is 0 Å². The second-order valence-corrected chi connectivity index (χ2v) is 4.51. The molecule has 0 fully saturated rings. The Labute approximate surface area is 116 Å². The van der Waals surface area contributed by atoms with Crippen molar-refractivity contribution >= 4 is 0 Å². The molecule has 0 atom stereocenters. The zero-order chi connectivity index (χ0) is 14.5. The van der Waals surface area contributed by atoms with Crippen molar-refractivity contribution in [1.29, 1.82) is 0 Å². The van der Waals surface area contributed by atoms with E-state index in [4.69, 9.17) is 4.52 Å². The Kier molecular flexibility index (Phi) is 4.79. The maximum absolute atomic E-state index is 13.2. The van der Waals surface area contributed by atoms with Crippen LogP contribution in [0.4, 0.5) is 8.78 Å². The molecule has 0 spiro atoms. The van der Waals surface area contributed by atoms with E-state index in [0.29, 0.717) is 30.4 Å². The van der Waals surface area contributed by atoms with E-state index in [9.17, 15) is 8.78 Å². The summed E-state index contributed by atoms with van der Waals surface area (Å²) in [5.74, 6) is -0.457. The fraction of sp³-hybridized carbons (Fsp3) is 0.429. The summed E-state index contributed by atoms with van der Waals surface area (Å²) in [7, 11) is 0. The normalized spacial score (nSPS) is 11.2. The predicted molar refractivity (Wildman–Crippen MR) is 69.8 cm³/mol.